The molecule has 146 valence electrons. The molecule has 1 aromatic carbocycles. The standard InChI is InChI=1S/C19H26N4O4/c1-19(2,3)27-18(25)22-11-5-6-13(12-22)16-20-17(24)23(21-16)14-7-9-15(26-4)10-8-14/h7-10,13H,5-6,11-12H2,1-4H3,(H,20,21,24)/t13-/m0/s1. The fraction of sp³-hybridized carbons (Fsp3) is 0.526. The van der Waals surface area contributed by atoms with Crippen LogP contribution in [0.1, 0.15) is 45.4 Å². The number of likely N-dealkylation sites (tertiary alicyclic amines) is 1. The number of nitrogens with one attached hydrogen (secondary N) is 1. The topological polar surface area (TPSA) is 89.4 Å². The minimum Gasteiger partial charge on any atom is -0.497 e. The summed E-state index contributed by atoms with van der Waals surface area (Å²) in [6.07, 6.45) is 1.36. The lowest BCUT2D eigenvalue weighted by molar-refractivity contribution is 0.0196. The molecule has 0 saturated carbocycles. The number of hydrogen-bond acceptors (Lipinski definition) is 5. The first kappa shape index (κ1) is 19.0. The maximum Gasteiger partial charge on any atom is 0.410 e. The predicted octanol–water partition coefficient (Wildman–Crippen LogP) is 2.68. The Bertz CT molecular complexity index is 848. The van der Waals surface area contributed by atoms with Crippen molar-refractivity contribution in [3.63, 3.8) is 0 Å². The molecule has 1 aliphatic heterocycles. The Hall–Kier alpha value is -2.77. The molecular weight excluding hydrogens is 348 g/mol. The quantitative estimate of drug-likeness (QED) is 0.892. The average Bonchev–Trinajstić information content (AvgIpc) is 3.02. The highest BCUT2D eigenvalue weighted by atomic mass is 16.6. The molecule has 1 N–H and O–H groups in total. The maximum absolute atomic E-state index is 12.3. The highest BCUT2D eigenvalue weighted by Crippen LogP contribution is 2.25. The van der Waals surface area contributed by atoms with E-state index in [9.17, 15) is 9.59 Å². The van der Waals surface area contributed by atoms with Crippen molar-refractivity contribution in [3.05, 3.63) is 40.6 Å². The van der Waals surface area contributed by atoms with Gasteiger partial charge in [-0.2, -0.15) is 4.68 Å². The van der Waals surface area contributed by atoms with Crippen molar-refractivity contribution in [2.24, 2.45) is 0 Å². The van der Waals surface area contributed by atoms with Gasteiger partial charge in [0.1, 0.15) is 17.2 Å². The number of hydrogen-bond donors (Lipinski definition) is 1. The molecule has 1 aromatic heterocycles. The molecule has 0 radical (unpaired) electrons. The summed E-state index contributed by atoms with van der Waals surface area (Å²) >= 11 is 0. The molecule has 1 saturated heterocycles. The van der Waals surface area contributed by atoms with Crippen LogP contribution in [0, 0.1) is 0 Å². The van der Waals surface area contributed by atoms with Crippen LogP contribution in [0.3, 0.4) is 0 Å². The molecule has 0 aliphatic carbocycles. The summed E-state index contributed by atoms with van der Waals surface area (Å²) in [5, 5.41) is 4.46. The number of methoxy groups -OCH3 is 1. The van der Waals surface area contributed by atoms with Crippen LogP contribution in [0.5, 0.6) is 5.75 Å². The van der Waals surface area contributed by atoms with Gasteiger partial charge in [0, 0.05) is 19.0 Å². The molecule has 1 fully saturated rings. The van der Waals surface area contributed by atoms with Crippen molar-refractivity contribution >= 4 is 6.09 Å². The van der Waals surface area contributed by atoms with Crippen LogP contribution in [0.4, 0.5) is 4.79 Å². The molecule has 1 aliphatic rings. The van der Waals surface area contributed by atoms with Crippen LogP contribution in [-0.2, 0) is 4.74 Å². The number of carbonyl (C=O) groups excluding carboxylic acids is 1. The summed E-state index contributed by atoms with van der Waals surface area (Å²) in [6, 6.07) is 7.11. The number of benzene rings is 1. The number of amides is 1. The van der Waals surface area contributed by atoms with E-state index < -0.39 is 5.60 Å². The summed E-state index contributed by atoms with van der Waals surface area (Å²) in [7, 11) is 1.59. The Morgan fingerprint density at radius 3 is 2.59 bits per heavy atom. The SMILES string of the molecule is COc1ccc(-n2nc([C@H]3CCCN(C(=O)OC(C)(C)C)C3)[nH]c2=O)cc1. The molecule has 1 amide bonds. The molecular formula is C19H26N4O4. The van der Waals surface area contributed by atoms with Crippen molar-refractivity contribution in [1.82, 2.24) is 19.7 Å². The molecule has 1 atom stereocenters. The van der Waals surface area contributed by atoms with Crippen molar-refractivity contribution in [1.29, 1.82) is 0 Å². The molecule has 3 rings (SSSR count). The van der Waals surface area contributed by atoms with Gasteiger partial charge in [0.2, 0.25) is 0 Å². The lowest BCUT2D eigenvalue weighted by atomic mass is 9.98. The van der Waals surface area contributed by atoms with Gasteiger partial charge in [-0.15, -0.1) is 5.10 Å². The van der Waals surface area contributed by atoms with Gasteiger partial charge in [-0.1, -0.05) is 0 Å². The fourth-order valence-electron chi connectivity index (χ4n) is 3.12. The van der Waals surface area contributed by atoms with Crippen LogP contribution in [0.2, 0.25) is 0 Å². The first-order chi connectivity index (χ1) is 12.8. The third-order valence-corrected chi connectivity index (χ3v) is 4.41. The number of carbonyl (C=O) groups is 1. The predicted molar refractivity (Wildman–Crippen MR) is 101 cm³/mol. The van der Waals surface area contributed by atoms with E-state index in [0.29, 0.717) is 30.4 Å². The third kappa shape index (κ3) is 4.50. The highest BCUT2D eigenvalue weighted by molar-refractivity contribution is 5.68. The number of ether oxygens (including phenoxy) is 2. The summed E-state index contributed by atoms with van der Waals surface area (Å²) in [5.41, 5.74) is -0.179. The van der Waals surface area contributed by atoms with Gasteiger partial charge < -0.3 is 14.4 Å². The van der Waals surface area contributed by atoms with E-state index in [4.69, 9.17) is 9.47 Å². The number of aromatic nitrogens is 3. The van der Waals surface area contributed by atoms with Crippen molar-refractivity contribution in [3.8, 4) is 11.4 Å². The second-order valence-corrected chi connectivity index (χ2v) is 7.69. The minimum absolute atomic E-state index is 0.0292. The molecule has 8 heteroatoms. The second-order valence-electron chi connectivity index (χ2n) is 7.69. The van der Waals surface area contributed by atoms with Crippen molar-refractivity contribution in [2.75, 3.05) is 20.2 Å². The summed E-state index contributed by atoms with van der Waals surface area (Å²) in [4.78, 5) is 29.2. The monoisotopic (exact) mass is 374 g/mol. The first-order valence-corrected chi connectivity index (χ1v) is 9.08. The highest BCUT2D eigenvalue weighted by Gasteiger charge is 2.30. The normalized spacial score (nSPS) is 17.6. The van der Waals surface area contributed by atoms with Crippen LogP contribution < -0.4 is 10.4 Å². The van der Waals surface area contributed by atoms with Gasteiger partial charge in [-0.25, -0.2) is 9.59 Å². The lowest BCUT2D eigenvalue weighted by Crippen LogP contribution is -2.42. The van der Waals surface area contributed by atoms with Crippen molar-refractivity contribution in [2.45, 2.75) is 45.1 Å². The molecule has 8 nitrogen and oxygen atoms in total. The fourth-order valence-corrected chi connectivity index (χ4v) is 3.12. The van der Waals surface area contributed by atoms with Gasteiger partial charge in [0.15, 0.2) is 0 Å². The number of piperidine rings is 1. The second kappa shape index (κ2) is 7.46. The molecule has 2 heterocycles. The molecule has 0 spiro atoms. The van der Waals surface area contributed by atoms with E-state index in [0.717, 1.165) is 12.8 Å². The van der Waals surface area contributed by atoms with E-state index in [-0.39, 0.29) is 17.7 Å². The molecule has 2 aromatic rings. The van der Waals surface area contributed by atoms with E-state index in [1.54, 1.807) is 36.3 Å². The zero-order chi connectivity index (χ0) is 19.6. The largest absolute Gasteiger partial charge is 0.497 e. The van der Waals surface area contributed by atoms with E-state index in [1.165, 1.54) is 4.68 Å². The van der Waals surface area contributed by atoms with Crippen LogP contribution in [-0.4, -0.2) is 51.6 Å². The van der Waals surface area contributed by atoms with E-state index >= 15 is 0 Å². The summed E-state index contributed by atoms with van der Waals surface area (Å²) in [6.45, 7) is 6.67. The number of aromatic amines is 1. The number of H-pyrrole nitrogens is 1. The van der Waals surface area contributed by atoms with Crippen molar-refractivity contribution < 1.29 is 14.3 Å². The van der Waals surface area contributed by atoms with E-state index in [2.05, 4.69) is 10.1 Å². The number of nitrogens with zero attached hydrogens (tertiary/aromatic N) is 3. The average molecular weight is 374 g/mol. The first-order valence-electron chi connectivity index (χ1n) is 9.08. The van der Waals surface area contributed by atoms with Gasteiger partial charge >= 0.3 is 11.8 Å². The van der Waals surface area contributed by atoms with Gasteiger partial charge in [-0.3, -0.25) is 4.98 Å². The Labute approximate surface area is 158 Å². The smallest absolute Gasteiger partial charge is 0.410 e. The number of rotatable bonds is 3. The minimum atomic E-state index is -0.533. The van der Waals surface area contributed by atoms with Crippen LogP contribution in [0.25, 0.3) is 5.69 Å². The third-order valence-electron chi connectivity index (χ3n) is 4.41. The lowest BCUT2D eigenvalue weighted by Gasteiger charge is -2.33. The Morgan fingerprint density at radius 1 is 1.26 bits per heavy atom. The molecule has 0 bridgehead atoms. The van der Waals surface area contributed by atoms with Gasteiger partial charge in [0.05, 0.1) is 12.8 Å². The zero-order valence-corrected chi connectivity index (χ0v) is 16.2. The Balaban J connectivity index is 1.76. The summed E-state index contributed by atoms with van der Waals surface area (Å²) < 4.78 is 11.9. The van der Waals surface area contributed by atoms with Crippen LogP contribution in [0.15, 0.2) is 29.1 Å². The van der Waals surface area contributed by atoms with Gasteiger partial charge in [-0.05, 0) is 57.9 Å². The Morgan fingerprint density at radius 2 is 1.96 bits per heavy atom. The van der Waals surface area contributed by atoms with E-state index in [1.807, 2.05) is 20.8 Å². The Kier molecular flexibility index (Phi) is 5.25. The molecule has 0 unspecified atom stereocenters. The maximum atomic E-state index is 12.3. The van der Waals surface area contributed by atoms with Crippen LogP contribution >= 0.6 is 0 Å². The zero-order valence-electron chi connectivity index (χ0n) is 16.2. The molecule has 27 heavy (non-hydrogen) atoms. The van der Waals surface area contributed by atoms with Gasteiger partial charge in [0.25, 0.3) is 0 Å². The summed E-state index contributed by atoms with van der Waals surface area (Å²) in [5.74, 6) is 1.27.